The minimum Gasteiger partial charge on any atom is -0.451 e. The Kier molecular flexibility index (Phi) is 5.35. The lowest BCUT2D eigenvalue weighted by molar-refractivity contribution is -0.119. The van der Waals surface area contributed by atoms with E-state index in [1.807, 2.05) is 62.4 Å². The van der Waals surface area contributed by atoms with E-state index in [9.17, 15) is 9.59 Å². The summed E-state index contributed by atoms with van der Waals surface area (Å²) in [4.78, 5) is 31.7. The molecule has 1 aromatic heterocycles. The zero-order valence-electron chi connectivity index (χ0n) is 15.5. The Morgan fingerprint density at radius 3 is 2.48 bits per heavy atom. The molecular weight excluding hydrogens is 342 g/mol. The van der Waals surface area contributed by atoms with Crippen molar-refractivity contribution in [3.63, 3.8) is 0 Å². The van der Waals surface area contributed by atoms with Crippen LogP contribution in [0.25, 0.3) is 11.4 Å². The van der Waals surface area contributed by atoms with Crippen LogP contribution in [0.15, 0.2) is 48.5 Å². The minimum atomic E-state index is -0.638. The van der Waals surface area contributed by atoms with Gasteiger partial charge in [0.05, 0.1) is 0 Å². The summed E-state index contributed by atoms with van der Waals surface area (Å²) in [7, 11) is 0. The van der Waals surface area contributed by atoms with Crippen LogP contribution in [0.1, 0.15) is 27.3 Å². The standard InChI is InChI=1S/C21H21N3O3/c1-13-9-10-17(11-14(13)2)23-18(25)12-27-21(26)19-15(3)22-20(24-19)16-7-5-4-6-8-16/h4-11H,12H2,1-3H3,(H,22,24)(H,23,25). The number of anilines is 1. The average Bonchev–Trinajstić information content (AvgIpc) is 3.05. The van der Waals surface area contributed by atoms with Crippen molar-refractivity contribution in [2.45, 2.75) is 20.8 Å². The van der Waals surface area contributed by atoms with Gasteiger partial charge in [0, 0.05) is 16.9 Å². The van der Waals surface area contributed by atoms with Gasteiger partial charge in [-0.2, -0.15) is 0 Å². The van der Waals surface area contributed by atoms with Gasteiger partial charge in [-0.25, -0.2) is 9.78 Å². The molecule has 138 valence electrons. The lowest BCUT2D eigenvalue weighted by Gasteiger charge is -2.08. The molecule has 0 fully saturated rings. The van der Waals surface area contributed by atoms with Gasteiger partial charge >= 0.3 is 5.97 Å². The smallest absolute Gasteiger partial charge is 0.359 e. The highest BCUT2D eigenvalue weighted by atomic mass is 16.5. The molecule has 1 amide bonds. The van der Waals surface area contributed by atoms with Crippen LogP contribution in [0.2, 0.25) is 0 Å². The SMILES string of the molecule is Cc1ccc(NC(=O)COC(=O)c2nc(-c3ccccc3)[nH]c2C)cc1C. The average molecular weight is 363 g/mol. The summed E-state index contributed by atoms with van der Waals surface area (Å²) in [6, 6.07) is 15.1. The fraction of sp³-hybridized carbons (Fsp3) is 0.190. The Morgan fingerprint density at radius 2 is 1.78 bits per heavy atom. The number of nitrogens with one attached hydrogen (secondary N) is 2. The Morgan fingerprint density at radius 1 is 1.04 bits per heavy atom. The van der Waals surface area contributed by atoms with Crippen molar-refractivity contribution in [1.82, 2.24) is 9.97 Å². The first-order chi connectivity index (χ1) is 12.9. The molecule has 0 bridgehead atoms. The molecular formula is C21H21N3O3. The Balaban J connectivity index is 1.61. The number of benzene rings is 2. The number of ether oxygens (including phenoxy) is 1. The van der Waals surface area contributed by atoms with Crippen LogP contribution in [-0.2, 0) is 9.53 Å². The Hall–Kier alpha value is -3.41. The lowest BCUT2D eigenvalue weighted by atomic mass is 10.1. The van der Waals surface area contributed by atoms with Crippen molar-refractivity contribution in [2.24, 2.45) is 0 Å². The number of aromatic nitrogens is 2. The number of imidazole rings is 1. The summed E-state index contributed by atoms with van der Waals surface area (Å²) < 4.78 is 5.11. The third-order valence-corrected chi connectivity index (χ3v) is 4.25. The number of H-pyrrole nitrogens is 1. The number of carbonyl (C=O) groups excluding carboxylic acids is 2. The van der Waals surface area contributed by atoms with E-state index in [1.54, 1.807) is 6.92 Å². The number of nitrogens with zero attached hydrogens (tertiary/aromatic N) is 1. The molecule has 6 heteroatoms. The van der Waals surface area contributed by atoms with Gasteiger partial charge in [0.1, 0.15) is 5.82 Å². The van der Waals surface area contributed by atoms with Crippen LogP contribution in [0.5, 0.6) is 0 Å². The van der Waals surface area contributed by atoms with E-state index in [0.717, 1.165) is 16.7 Å². The number of hydrogen-bond acceptors (Lipinski definition) is 4. The van der Waals surface area contributed by atoms with Gasteiger partial charge in [0.15, 0.2) is 12.3 Å². The first-order valence-corrected chi connectivity index (χ1v) is 8.60. The van der Waals surface area contributed by atoms with E-state index in [2.05, 4.69) is 15.3 Å². The molecule has 0 saturated heterocycles. The molecule has 6 nitrogen and oxygen atoms in total. The van der Waals surface area contributed by atoms with Crippen molar-refractivity contribution >= 4 is 17.6 Å². The van der Waals surface area contributed by atoms with Crippen LogP contribution >= 0.6 is 0 Å². The molecule has 3 aromatic rings. The number of aryl methyl sites for hydroxylation is 3. The highest BCUT2D eigenvalue weighted by Gasteiger charge is 2.18. The monoisotopic (exact) mass is 363 g/mol. The molecule has 0 aliphatic rings. The number of aromatic amines is 1. The van der Waals surface area contributed by atoms with E-state index in [1.165, 1.54) is 0 Å². The summed E-state index contributed by atoms with van der Waals surface area (Å²) in [5.74, 6) is -0.455. The predicted octanol–water partition coefficient (Wildman–Crippen LogP) is 3.80. The zero-order chi connectivity index (χ0) is 19.4. The van der Waals surface area contributed by atoms with Gasteiger partial charge in [0.25, 0.3) is 5.91 Å². The zero-order valence-corrected chi connectivity index (χ0v) is 15.5. The topological polar surface area (TPSA) is 84.1 Å². The third-order valence-electron chi connectivity index (χ3n) is 4.25. The van der Waals surface area contributed by atoms with Crippen molar-refractivity contribution in [1.29, 1.82) is 0 Å². The van der Waals surface area contributed by atoms with Crippen LogP contribution in [-0.4, -0.2) is 28.5 Å². The molecule has 0 radical (unpaired) electrons. The summed E-state index contributed by atoms with van der Waals surface area (Å²) in [6.45, 7) is 5.33. The van der Waals surface area contributed by atoms with Gasteiger partial charge in [-0.05, 0) is 44.0 Å². The summed E-state index contributed by atoms with van der Waals surface area (Å²) in [5.41, 5.74) is 4.52. The predicted molar refractivity (Wildman–Crippen MR) is 104 cm³/mol. The molecule has 0 saturated carbocycles. The number of carbonyl (C=O) groups is 2. The number of rotatable bonds is 5. The fourth-order valence-corrected chi connectivity index (χ4v) is 2.61. The normalized spacial score (nSPS) is 10.5. The quantitative estimate of drug-likeness (QED) is 0.676. The third kappa shape index (κ3) is 4.41. The second kappa shape index (κ2) is 7.86. The highest BCUT2D eigenvalue weighted by molar-refractivity contribution is 5.95. The van der Waals surface area contributed by atoms with Gasteiger partial charge in [-0.3, -0.25) is 4.79 Å². The fourth-order valence-electron chi connectivity index (χ4n) is 2.61. The van der Waals surface area contributed by atoms with Gasteiger partial charge in [-0.1, -0.05) is 36.4 Å². The van der Waals surface area contributed by atoms with Gasteiger partial charge < -0.3 is 15.0 Å². The molecule has 2 aromatic carbocycles. The van der Waals surface area contributed by atoms with Crippen LogP contribution in [0.4, 0.5) is 5.69 Å². The molecule has 0 spiro atoms. The van der Waals surface area contributed by atoms with E-state index >= 15 is 0 Å². The number of esters is 1. The van der Waals surface area contributed by atoms with Crippen molar-refractivity contribution in [3.8, 4) is 11.4 Å². The summed E-state index contributed by atoms with van der Waals surface area (Å²) in [6.07, 6.45) is 0. The maximum absolute atomic E-state index is 12.3. The van der Waals surface area contributed by atoms with Crippen molar-refractivity contribution in [3.05, 3.63) is 71.0 Å². The summed E-state index contributed by atoms with van der Waals surface area (Å²) >= 11 is 0. The molecule has 1 heterocycles. The first-order valence-electron chi connectivity index (χ1n) is 8.60. The van der Waals surface area contributed by atoms with Crippen molar-refractivity contribution < 1.29 is 14.3 Å². The highest BCUT2D eigenvalue weighted by Crippen LogP contribution is 2.18. The molecule has 0 aliphatic heterocycles. The Bertz CT molecular complexity index is 978. The largest absolute Gasteiger partial charge is 0.451 e. The van der Waals surface area contributed by atoms with E-state index in [0.29, 0.717) is 17.2 Å². The van der Waals surface area contributed by atoms with E-state index in [4.69, 9.17) is 4.74 Å². The van der Waals surface area contributed by atoms with Crippen molar-refractivity contribution in [2.75, 3.05) is 11.9 Å². The second-order valence-corrected chi connectivity index (χ2v) is 6.35. The van der Waals surface area contributed by atoms with E-state index < -0.39 is 11.9 Å². The van der Waals surface area contributed by atoms with Crippen LogP contribution in [0.3, 0.4) is 0 Å². The van der Waals surface area contributed by atoms with Crippen LogP contribution in [0, 0.1) is 20.8 Å². The maximum atomic E-state index is 12.3. The van der Waals surface area contributed by atoms with Crippen LogP contribution < -0.4 is 5.32 Å². The first kappa shape index (κ1) is 18.4. The Labute approximate surface area is 157 Å². The molecule has 27 heavy (non-hydrogen) atoms. The molecule has 0 aliphatic carbocycles. The van der Waals surface area contributed by atoms with Gasteiger partial charge in [0.2, 0.25) is 0 Å². The molecule has 0 unspecified atom stereocenters. The van der Waals surface area contributed by atoms with Gasteiger partial charge in [-0.15, -0.1) is 0 Å². The molecule has 0 atom stereocenters. The number of hydrogen-bond donors (Lipinski definition) is 2. The molecule has 3 rings (SSSR count). The molecule has 2 N–H and O–H groups in total. The second-order valence-electron chi connectivity index (χ2n) is 6.35. The number of amides is 1. The minimum absolute atomic E-state index is 0.174. The lowest BCUT2D eigenvalue weighted by Crippen LogP contribution is -2.21. The van der Waals surface area contributed by atoms with E-state index in [-0.39, 0.29) is 12.3 Å². The maximum Gasteiger partial charge on any atom is 0.359 e. The summed E-state index contributed by atoms with van der Waals surface area (Å²) in [5, 5.41) is 2.72.